The van der Waals surface area contributed by atoms with Crippen LogP contribution in [0, 0.1) is 0 Å². The smallest absolute Gasteiger partial charge is 0.319 e. The summed E-state index contributed by atoms with van der Waals surface area (Å²) in [6.07, 6.45) is 1.18. The number of aromatic nitrogens is 6. The molecular formula is C22H19F4N7O3. The zero-order valence-corrected chi connectivity index (χ0v) is 19.0. The maximum atomic E-state index is 15.0. The first-order chi connectivity index (χ1) is 17.3. The van der Waals surface area contributed by atoms with Gasteiger partial charge in [-0.05, 0) is 12.1 Å². The van der Waals surface area contributed by atoms with E-state index in [1.54, 1.807) is 12.3 Å². The van der Waals surface area contributed by atoms with E-state index in [2.05, 4.69) is 25.0 Å². The summed E-state index contributed by atoms with van der Waals surface area (Å²) in [4.78, 5) is 17.7. The molecule has 10 nitrogen and oxygen atoms in total. The summed E-state index contributed by atoms with van der Waals surface area (Å²) in [5.74, 6) is -3.44. The molecule has 5 rings (SSSR count). The number of halogens is 4. The van der Waals surface area contributed by atoms with Crippen LogP contribution in [0.15, 0.2) is 43.0 Å². The van der Waals surface area contributed by atoms with E-state index >= 15 is 8.78 Å². The van der Waals surface area contributed by atoms with Crippen LogP contribution in [-0.2, 0) is 0 Å². The van der Waals surface area contributed by atoms with E-state index in [0.717, 1.165) is 18.3 Å². The van der Waals surface area contributed by atoms with Crippen LogP contribution in [0.1, 0.15) is 12.0 Å². The quantitative estimate of drug-likeness (QED) is 0.350. The maximum absolute atomic E-state index is 15.0. The van der Waals surface area contributed by atoms with Crippen molar-refractivity contribution in [1.82, 2.24) is 29.5 Å². The lowest BCUT2D eigenvalue weighted by atomic mass is 10.2. The van der Waals surface area contributed by atoms with E-state index in [9.17, 15) is 8.78 Å². The van der Waals surface area contributed by atoms with Gasteiger partial charge in [-0.1, -0.05) is 0 Å². The standard InChI is InChI=1S/C22H19F4N7O3/c1-34-20-13(9-29-21(30-20)35-2)14-8-15(19-28-5-6-33(19)31-14)32-10-16(22(25,26)11-32)36-17-7-12(18(23)24)3-4-27-17/h3-9,16,18H,10-11H2,1-2H3/t16-/m0/s1. The Kier molecular flexibility index (Phi) is 5.94. The molecule has 1 aliphatic heterocycles. The number of hydrogen-bond donors (Lipinski definition) is 0. The Bertz CT molecular complexity index is 1400. The number of alkyl halides is 4. The van der Waals surface area contributed by atoms with E-state index in [-0.39, 0.29) is 29.9 Å². The minimum absolute atomic E-state index is 0.0863. The molecule has 14 heteroatoms. The molecule has 0 spiro atoms. The molecule has 36 heavy (non-hydrogen) atoms. The van der Waals surface area contributed by atoms with Crippen LogP contribution in [0.5, 0.6) is 17.8 Å². The van der Waals surface area contributed by atoms with E-state index in [0.29, 0.717) is 22.6 Å². The highest BCUT2D eigenvalue weighted by atomic mass is 19.3. The SMILES string of the molecule is COc1ncc(-c2cc(N3C[C@H](Oc4cc(C(F)F)ccn4)C(F)(F)C3)c3nccn3n2)c(OC)n1. The van der Waals surface area contributed by atoms with Gasteiger partial charge in [-0.15, -0.1) is 0 Å². The van der Waals surface area contributed by atoms with Crippen molar-refractivity contribution in [3.05, 3.63) is 48.5 Å². The lowest BCUT2D eigenvalue weighted by Gasteiger charge is -2.19. The van der Waals surface area contributed by atoms with Gasteiger partial charge in [0.2, 0.25) is 11.8 Å². The molecule has 1 aliphatic rings. The highest BCUT2D eigenvalue weighted by Gasteiger charge is 2.51. The molecule has 1 saturated heterocycles. The summed E-state index contributed by atoms with van der Waals surface area (Å²) in [5, 5.41) is 4.48. The Morgan fingerprint density at radius 2 is 1.92 bits per heavy atom. The number of imidazole rings is 1. The Morgan fingerprint density at radius 3 is 2.67 bits per heavy atom. The molecule has 0 aliphatic carbocycles. The average Bonchev–Trinajstić information content (AvgIpc) is 3.46. The van der Waals surface area contributed by atoms with Crippen molar-refractivity contribution >= 4 is 11.3 Å². The predicted molar refractivity (Wildman–Crippen MR) is 118 cm³/mol. The van der Waals surface area contributed by atoms with Gasteiger partial charge < -0.3 is 19.1 Å². The molecule has 0 aromatic carbocycles. The van der Waals surface area contributed by atoms with Crippen molar-refractivity contribution in [2.24, 2.45) is 0 Å². The molecule has 0 N–H and O–H groups in total. The predicted octanol–water partition coefficient (Wildman–Crippen LogP) is 3.44. The van der Waals surface area contributed by atoms with Gasteiger partial charge in [0.15, 0.2) is 11.8 Å². The van der Waals surface area contributed by atoms with Gasteiger partial charge in [0.25, 0.3) is 6.43 Å². The highest BCUT2D eigenvalue weighted by Crippen LogP contribution is 2.37. The number of anilines is 1. The topological polar surface area (TPSA) is 99.8 Å². The molecule has 0 radical (unpaired) electrons. The first-order valence-corrected chi connectivity index (χ1v) is 10.6. The molecule has 0 bridgehead atoms. The van der Waals surface area contributed by atoms with Crippen molar-refractivity contribution in [2.45, 2.75) is 18.5 Å². The van der Waals surface area contributed by atoms with Crippen molar-refractivity contribution in [1.29, 1.82) is 0 Å². The van der Waals surface area contributed by atoms with E-state index < -0.39 is 25.0 Å². The van der Waals surface area contributed by atoms with Crippen molar-refractivity contribution < 1.29 is 31.8 Å². The fourth-order valence-corrected chi connectivity index (χ4v) is 3.88. The second-order valence-electron chi connectivity index (χ2n) is 7.87. The van der Waals surface area contributed by atoms with Gasteiger partial charge in [0, 0.05) is 36.4 Å². The number of ether oxygens (including phenoxy) is 3. The zero-order chi connectivity index (χ0) is 25.4. The summed E-state index contributed by atoms with van der Waals surface area (Å²) >= 11 is 0. The normalized spacial score (nSPS) is 17.1. The van der Waals surface area contributed by atoms with Crippen LogP contribution in [0.25, 0.3) is 16.9 Å². The third-order valence-corrected chi connectivity index (χ3v) is 5.60. The first-order valence-electron chi connectivity index (χ1n) is 10.6. The molecule has 4 aromatic heterocycles. The molecule has 1 atom stereocenters. The Balaban J connectivity index is 1.50. The van der Waals surface area contributed by atoms with Gasteiger partial charge in [-0.3, -0.25) is 0 Å². The number of fused-ring (bicyclic) bond motifs is 1. The summed E-state index contributed by atoms with van der Waals surface area (Å²) < 4.78 is 73.2. The lowest BCUT2D eigenvalue weighted by Crippen LogP contribution is -2.36. The molecule has 0 unspecified atom stereocenters. The molecular weight excluding hydrogens is 486 g/mol. The van der Waals surface area contributed by atoms with Gasteiger partial charge in [-0.25, -0.2) is 37.0 Å². The molecule has 5 heterocycles. The van der Waals surface area contributed by atoms with Crippen LogP contribution in [0.4, 0.5) is 23.2 Å². The third-order valence-electron chi connectivity index (χ3n) is 5.60. The van der Waals surface area contributed by atoms with Gasteiger partial charge >= 0.3 is 11.9 Å². The molecule has 188 valence electrons. The summed E-state index contributed by atoms with van der Waals surface area (Å²) in [5.41, 5.74) is 1.06. The van der Waals surface area contributed by atoms with Crippen molar-refractivity contribution in [3.63, 3.8) is 0 Å². The highest BCUT2D eigenvalue weighted by molar-refractivity contribution is 5.76. The van der Waals surface area contributed by atoms with Gasteiger partial charge in [-0.2, -0.15) is 10.1 Å². The van der Waals surface area contributed by atoms with Crippen LogP contribution in [0.2, 0.25) is 0 Å². The number of nitrogens with zero attached hydrogens (tertiary/aromatic N) is 7. The Labute approximate surface area is 201 Å². The number of hydrogen-bond acceptors (Lipinski definition) is 9. The molecule has 1 fully saturated rings. The molecule has 0 saturated carbocycles. The summed E-state index contributed by atoms with van der Waals surface area (Å²) in [6.45, 7) is -0.954. The second-order valence-corrected chi connectivity index (χ2v) is 7.87. The van der Waals surface area contributed by atoms with E-state index in [1.807, 2.05) is 0 Å². The summed E-state index contributed by atoms with van der Waals surface area (Å²) in [7, 11) is 2.83. The fourth-order valence-electron chi connectivity index (χ4n) is 3.88. The minimum atomic E-state index is -3.31. The van der Waals surface area contributed by atoms with Crippen molar-refractivity contribution in [3.8, 4) is 29.0 Å². The third kappa shape index (κ3) is 4.29. The fraction of sp³-hybridized carbons (Fsp3) is 0.318. The first kappa shape index (κ1) is 23.5. The van der Waals surface area contributed by atoms with Crippen molar-refractivity contribution in [2.75, 3.05) is 32.2 Å². The van der Waals surface area contributed by atoms with Crippen LogP contribution < -0.4 is 19.1 Å². The summed E-state index contributed by atoms with van der Waals surface area (Å²) in [6, 6.07) is 3.71. The number of rotatable bonds is 7. The van der Waals surface area contributed by atoms with Crippen LogP contribution >= 0.6 is 0 Å². The monoisotopic (exact) mass is 505 g/mol. The Morgan fingerprint density at radius 1 is 1.08 bits per heavy atom. The minimum Gasteiger partial charge on any atom is -0.480 e. The largest absolute Gasteiger partial charge is 0.480 e. The van der Waals surface area contributed by atoms with Gasteiger partial charge in [0.1, 0.15) is 5.69 Å². The number of pyridine rings is 1. The average molecular weight is 505 g/mol. The lowest BCUT2D eigenvalue weighted by molar-refractivity contribution is -0.0609. The van der Waals surface area contributed by atoms with Crippen LogP contribution in [-0.4, -0.2) is 68.9 Å². The number of methoxy groups -OCH3 is 2. The maximum Gasteiger partial charge on any atom is 0.319 e. The molecule has 0 amide bonds. The zero-order valence-electron chi connectivity index (χ0n) is 19.0. The molecule has 4 aromatic rings. The van der Waals surface area contributed by atoms with E-state index in [1.165, 1.54) is 36.0 Å². The Hall–Kier alpha value is -4.23. The van der Waals surface area contributed by atoms with E-state index in [4.69, 9.17) is 14.2 Å². The van der Waals surface area contributed by atoms with Gasteiger partial charge in [0.05, 0.1) is 38.6 Å². The second kappa shape index (κ2) is 9.09. The van der Waals surface area contributed by atoms with Crippen LogP contribution in [0.3, 0.4) is 0 Å².